The molecule has 0 atom stereocenters. The van der Waals surface area contributed by atoms with Crippen molar-refractivity contribution in [1.82, 2.24) is 19.5 Å². The molecule has 2 aromatic carbocycles. The Morgan fingerprint density at radius 2 is 1.83 bits per heavy atom. The highest BCUT2D eigenvalue weighted by Crippen LogP contribution is 2.37. The molecule has 0 radical (unpaired) electrons. The van der Waals surface area contributed by atoms with E-state index in [1.54, 1.807) is 6.92 Å². The lowest BCUT2D eigenvalue weighted by Gasteiger charge is -2.17. The van der Waals surface area contributed by atoms with E-state index in [0.717, 1.165) is 6.07 Å². The van der Waals surface area contributed by atoms with Crippen LogP contribution in [0.5, 0.6) is 23.1 Å². The number of benzene rings is 2. The number of rotatable bonds is 9. The Hall–Kier alpha value is -3.90. The molecule has 4 aromatic rings. The number of halogens is 3. The van der Waals surface area contributed by atoms with Gasteiger partial charge in [0.05, 0.1) is 30.5 Å². The molecule has 0 bridgehead atoms. The van der Waals surface area contributed by atoms with E-state index in [1.165, 1.54) is 37.0 Å². The number of ether oxygens (including phenoxy) is 4. The van der Waals surface area contributed by atoms with Gasteiger partial charge in [-0.1, -0.05) is 11.6 Å². The monoisotopic (exact) mass is 522 g/mol. The van der Waals surface area contributed by atoms with Gasteiger partial charge in [-0.15, -0.1) is 0 Å². The lowest BCUT2D eigenvalue weighted by Crippen LogP contribution is -2.52. The molecule has 0 amide bonds. The summed E-state index contributed by atoms with van der Waals surface area (Å²) in [4.78, 5) is 24.1. The number of H-pyrrole nitrogens is 1. The molecule has 0 saturated heterocycles. The summed E-state index contributed by atoms with van der Waals surface area (Å²) in [6, 6.07) is 5.16. The molecule has 0 fully saturated rings. The van der Waals surface area contributed by atoms with Crippen LogP contribution in [0, 0.1) is 18.6 Å². The Labute approximate surface area is 208 Å². The molecule has 4 rings (SSSR count). The summed E-state index contributed by atoms with van der Waals surface area (Å²) >= 11 is 6.54. The molecule has 2 aromatic heterocycles. The maximum atomic E-state index is 14.5. The summed E-state index contributed by atoms with van der Waals surface area (Å²) in [5.74, 6) is -1.15. The van der Waals surface area contributed by atoms with Crippen LogP contribution in [0.25, 0.3) is 16.9 Å². The first-order chi connectivity index (χ1) is 17.3. The third kappa shape index (κ3) is 4.64. The topological polar surface area (TPSA) is 128 Å². The van der Waals surface area contributed by atoms with E-state index in [9.17, 15) is 13.6 Å². The van der Waals surface area contributed by atoms with Crippen molar-refractivity contribution in [3.05, 3.63) is 62.8 Å². The van der Waals surface area contributed by atoms with Crippen molar-refractivity contribution in [2.24, 2.45) is 0 Å². The Kier molecular flexibility index (Phi) is 7.27. The van der Waals surface area contributed by atoms with Crippen molar-refractivity contribution < 1.29 is 33.5 Å². The van der Waals surface area contributed by atoms with Crippen molar-refractivity contribution in [3.8, 4) is 28.8 Å². The molecule has 13 heteroatoms. The third-order valence-electron chi connectivity index (χ3n) is 5.21. The SMILES string of the molecule is COc1ccc(F)c(F)c1COc1cc(-n2c(=O)[nH]c3c(OC)nc(C)nc32)c(Cl)cc1OCC[NH3+]. The van der Waals surface area contributed by atoms with Crippen molar-refractivity contribution in [2.45, 2.75) is 13.5 Å². The summed E-state index contributed by atoms with van der Waals surface area (Å²) < 4.78 is 51.5. The minimum Gasteiger partial charge on any atom is -0.496 e. The molecule has 0 unspecified atom stereocenters. The predicted octanol–water partition coefficient (Wildman–Crippen LogP) is 2.57. The van der Waals surface area contributed by atoms with E-state index in [1.807, 2.05) is 0 Å². The number of aryl methyl sites for hydroxylation is 1. The fourth-order valence-electron chi connectivity index (χ4n) is 3.59. The maximum absolute atomic E-state index is 14.5. The van der Waals surface area contributed by atoms with Crippen LogP contribution in [0.1, 0.15) is 11.4 Å². The average molecular weight is 523 g/mol. The minimum atomic E-state index is -1.10. The van der Waals surface area contributed by atoms with Crippen LogP contribution in [0.2, 0.25) is 5.02 Å². The van der Waals surface area contributed by atoms with Crippen LogP contribution in [-0.2, 0) is 6.61 Å². The molecule has 0 aliphatic rings. The molecule has 0 spiro atoms. The van der Waals surface area contributed by atoms with Gasteiger partial charge in [-0.25, -0.2) is 23.1 Å². The number of nitrogens with one attached hydrogen (secondary N) is 1. The molecule has 0 aliphatic carbocycles. The summed E-state index contributed by atoms with van der Waals surface area (Å²) in [5.41, 5.74) is 3.75. The molecule has 190 valence electrons. The van der Waals surface area contributed by atoms with Gasteiger partial charge in [-0.2, -0.15) is 4.98 Å². The van der Waals surface area contributed by atoms with Gasteiger partial charge in [-0.05, 0) is 19.1 Å². The van der Waals surface area contributed by atoms with E-state index < -0.39 is 23.9 Å². The summed E-state index contributed by atoms with van der Waals surface area (Å²) in [6.45, 7) is 1.94. The third-order valence-corrected chi connectivity index (χ3v) is 5.51. The van der Waals surface area contributed by atoms with Gasteiger partial charge in [0.15, 0.2) is 28.8 Å². The fraction of sp³-hybridized carbons (Fsp3) is 0.261. The van der Waals surface area contributed by atoms with Crippen LogP contribution in [0.3, 0.4) is 0 Å². The van der Waals surface area contributed by atoms with Crippen LogP contribution in [0.4, 0.5) is 8.78 Å². The molecule has 0 saturated carbocycles. The van der Waals surface area contributed by atoms with Crippen molar-refractivity contribution in [2.75, 3.05) is 27.4 Å². The van der Waals surface area contributed by atoms with Gasteiger partial charge >= 0.3 is 5.69 Å². The Bertz CT molecular complexity index is 1490. The highest BCUT2D eigenvalue weighted by molar-refractivity contribution is 6.32. The Balaban J connectivity index is 1.84. The van der Waals surface area contributed by atoms with Gasteiger partial charge in [0.25, 0.3) is 0 Å². The lowest BCUT2D eigenvalue weighted by molar-refractivity contribution is -0.370. The van der Waals surface area contributed by atoms with E-state index in [4.69, 9.17) is 30.5 Å². The number of fused-ring (bicyclic) bond motifs is 1. The largest absolute Gasteiger partial charge is 0.496 e. The number of imidazole rings is 1. The highest BCUT2D eigenvalue weighted by atomic mass is 35.5. The van der Waals surface area contributed by atoms with Gasteiger partial charge in [-0.3, -0.25) is 4.98 Å². The molecule has 36 heavy (non-hydrogen) atoms. The number of aromatic amines is 1. The average Bonchev–Trinajstić information content (AvgIpc) is 3.19. The second kappa shape index (κ2) is 10.4. The minimum absolute atomic E-state index is 0.107. The van der Waals surface area contributed by atoms with E-state index >= 15 is 0 Å². The van der Waals surface area contributed by atoms with Crippen LogP contribution in [-0.4, -0.2) is 46.9 Å². The van der Waals surface area contributed by atoms with Gasteiger partial charge in [0, 0.05) is 12.1 Å². The number of quaternary nitrogens is 1. The highest BCUT2D eigenvalue weighted by Gasteiger charge is 2.22. The molecule has 10 nitrogen and oxygen atoms in total. The normalized spacial score (nSPS) is 11.1. The van der Waals surface area contributed by atoms with E-state index in [2.05, 4.69) is 20.7 Å². The van der Waals surface area contributed by atoms with Crippen molar-refractivity contribution in [1.29, 1.82) is 0 Å². The van der Waals surface area contributed by atoms with Crippen molar-refractivity contribution >= 4 is 22.8 Å². The molecular formula is C23H23ClF2N5O5+. The van der Waals surface area contributed by atoms with Crippen LogP contribution >= 0.6 is 11.6 Å². The summed E-state index contributed by atoms with van der Waals surface area (Å²) in [5, 5.41) is 0.147. The fourth-order valence-corrected chi connectivity index (χ4v) is 3.83. The Morgan fingerprint density at radius 3 is 2.53 bits per heavy atom. The number of hydrogen-bond acceptors (Lipinski definition) is 7. The first kappa shape index (κ1) is 25.2. The number of nitrogens with zero attached hydrogens (tertiary/aromatic N) is 3. The quantitative estimate of drug-likeness (QED) is 0.346. The van der Waals surface area contributed by atoms with Crippen LogP contribution < -0.4 is 30.4 Å². The smallest absolute Gasteiger partial charge is 0.332 e. The molecule has 4 N–H and O–H groups in total. The van der Waals surface area contributed by atoms with Crippen LogP contribution in [0.15, 0.2) is 29.1 Å². The number of hydrogen-bond donors (Lipinski definition) is 2. The van der Waals surface area contributed by atoms with Gasteiger partial charge in [0.2, 0.25) is 5.88 Å². The number of aromatic nitrogens is 4. The molecule has 2 heterocycles. The first-order valence-electron chi connectivity index (χ1n) is 10.7. The summed E-state index contributed by atoms with van der Waals surface area (Å²) in [6.07, 6.45) is 0. The lowest BCUT2D eigenvalue weighted by atomic mass is 10.2. The zero-order chi connectivity index (χ0) is 26.0. The van der Waals surface area contributed by atoms with Crippen molar-refractivity contribution in [3.63, 3.8) is 0 Å². The van der Waals surface area contributed by atoms with Gasteiger partial charge in [0.1, 0.15) is 36.8 Å². The zero-order valence-electron chi connectivity index (χ0n) is 19.7. The molecular weight excluding hydrogens is 500 g/mol. The second-order valence-electron chi connectivity index (χ2n) is 7.53. The predicted molar refractivity (Wildman–Crippen MR) is 126 cm³/mol. The number of methoxy groups -OCH3 is 2. The maximum Gasteiger partial charge on any atom is 0.332 e. The zero-order valence-corrected chi connectivity index (χ0v) is 20.4. The Morgan fingerprint density at radius 1 is 1.08 bits per heavy atom. The summed E-state index contributed by atoms with van der Waals surface area (Å²) in [7, 11) is 2.76. The van der Waals surface area contributed by atoms with E-state index in [-0.39, 0.29) is 57.2 Å². The van der Waals surface area contributed by atoms with E-state index in [0.29, 0.717) is 12.4 Å². The first-order valence-corrected chi connectivity index (χ1v) is 11.1. The second-order valence-corrected chi connectivity index (χ2v) is 7.93. The standard InChI is InChI=1S/C23H22ClF2N5O5/c1-11-28-21-20(22(29-11)34-3)30-23(32)31(21)15-9-18(17(8-13(15)24)35-7-6-27)36-10-12-16(33-2)5-4-14(25)19(12)26/h4-5,8-9H,6-7,10,27H2,1-3H3,(H,30,32)/p+1. The molecule has 0 aliphatic heterocycles. The van der Waals surface area contributed by atoms with Gasteiger partial charge < -0.3 is 24.7 Å².